The van der Waals surface area contributed by atoms with Crippen LogP contribution in [0.1, 0.15) is 45.2 Å². The minimum absolute atomic E-state index is 0.0445. The van der Waals surface area contributed by atoms with Crippen LogP contribution in [0.3, 0.4) is 0 Å². The van der Waals surface area contributed by atoms with Gasteiger partial charge >= 0.3 is 0 Å². The zero-order chi connectivity index (χ0) is 14.3. The molecule has 0 fully saturated rings. The maximum absolute atomic E-state index is 11.8. The molecule has 0 saturated carbocycles. The molecule has 0 saturated heterocycles. The van der Waals surface area contributed by atoms with Crippen LogP contribution in [0.2, 0.25) is 0 Å². The van der Waals surface area contributed by atoms with Gasteiger partial charge in [-0.2, -0.15) is 0 Å². The second-order valence-corrected chi connectivity index (χ2v) is 5.97. The number of nitrogens with one attached hydrogen (secondary N) is 2. The lowest BCUT2D eigenvalue weighted by Crippen LogP contribution is -2.28. The first-order valence-electron chi connectivity index (χ1n) is 6.77. The molecule has 0 aliphatic heterocycles. The highest BCUT2D eigenvalue weighted by molar-refractivity contribution is 9.10. The lowest BCUT2D eigenvalue weighted by molar-refractivity contribution is -0.121. The summed E-state index contributed by atoms with van der Waals surface area (Å²) in [6, 6.07) is 8.54. The van der Waals surface area contributed by atoms with E-state index in [1.54, 1.807) is 0 Å². The molecule has 2 N–H and O–H groups in total. The topological polar surface area (TPSA) is 41.1 Å². The average molecular weight is 327 g/mol. The van der Waals surface area contributed by atoms with Gasteiger partial charge in [-0.3, -0.25) is 4.79 Å². The summed E-state index contributed by atoms with van der Waals surface area (Å²) >= 11 is 3.44. The second kappa shape index (κ2) is 8.33. The van der Waals surface area contributed by atoms with Crippen LogP contribution in [0.4, 0.5) is 0 Å². The van der Waals surface area contributed by atoms with Gasteiger partial charge in [0.05, 0.1) is 6.04 Å². The lowest BCUT2D eigenvalue weighted by Gasteiger charge is -2.15. The summed E-state index contributed by atoms with van der Waals surface area (Å²) in [6.07, 6.45) is 1.44. The van der Waals surface area contributed by atoms with Gasteiger partial charge in [0.25, 0.3) is 0 Å². The van der Waals surface area contributed by atoms with Gasteiger partial charge in [0, 0.05) is 16.9 Å². The van der Waals surface area contributed by atoms with E-state index in [9.17, 15) is 4.79 Å². The summed E-state index contributed by atoms with van der Waals surface area (Å²) in [7, 11) is 0. The molecular weight excluding hydrogens is 304 g/mol. The van der Waals surface area contributed by atoms with E-state index in [2.05, 4.69) is 40.4 Å². The first kappa shape index (κ1) is 16.2. The molecule has 0 spiro atoms. The predicted octanol–water partition coefficient (Wildman–Crippen LogP) is 3.40. The Morgan fingerprint density at radius 3 is 2.68 bits per heavy atom. The first-order chi connectivity index (χ1) is 8.99. The third kappa shape index (κ3) is 6.73. The third-order valence-corrected chi connectivity index (χ3v) is 3.35. The zero-order valence-corrected chi connectivity index (χ0v) is 13.5. The van der Waals surface area contributed by atoms with E-state index in [1.807, 2.05) is 31.2 Å². The fraction of sp³-hybridized carbons (Fsp3) is 0.533. The quantitative estimate of drug-likeness (QED) is 0.754. The van der Waals surface area contributed by atoms with Crippen molar-refractivity contribution in [2.45, 2.75) is 45.7 Å². The number of amides is 1. The molecule has 0 bridgehead atoms. The largest absolute Gasteiger partial charge is 0.350 e. The molecule has 4 heteroatoms. The van der Waals surface area contributed by atoms with Crippen LogP contribution in [0.5, 0.6) is 0 Å². The molecule has 1 rings (SSSR count). The van der Waals surface area contributed by atoms with Crippen molar-refractivity contribution in [3.8, 4) is 0 Å². The number of halogens is 1. The molecule has 1 unspecified atom stereocenters. The highest BCUT2D eigenvalue weighted by Gasteiger charge is 2.09. The number of carbonyl (C=O) groups is 1. The molecule has 3 nitrogen and oxygen atoms in total. The Hall–Kier alpha value is -0.870. The molecule has 1 amide bonds. The van der Waals surface area contributed by atoms with E-state index in [-0.39, 0.29) is 11.9 Å². The van der Waals surface area contributed by atoms with Gasteiger partial charge in [-0.05, 0) is 37.6 Å². The monoisotopic (exact) mass is 326 g/mol. The molecule has 1 atom stereocenters. The number of hydrogen-bond donors (Lipinski definition) is 2. The summed E-state index contributed by atoms with van der Waals surface area (Å²) in [6.45, 7) is 7.10. The van der Waals surface area contributed by atoms with E-state index in [0.717, 1.165) is 23.0 Å². The van der Waals surface area contributed by atoms with E-state index in [0.29, 0.717) is 12.5 Å². The summed E-state index contributed by atoms with van der Waals surface area (Å²) in [5.41, 5.74) is 1.11. The highest BCUT2D eigenvalue weighted by atomic mass is 79.9. The Morgan fingerprint density at radius 2 is 2.05 bits per heavy atom. The van der Waals surface area contributed by atoms with E-state index in [1.165, 1.54) is 0 Å². The summed E-state index contributed by atoms with van der Waals surface area (Å²) < 4.78 is 1.03. The molecular formula is C15H23BrN2O. The standard InChI is InChI=1S/C15H23BrN2O/c1-11(2)17-9-5-8-15(19)18-12(3)13-6-4-7-14(16)10-13/h4,6-7,10-12,17H,5,8-9H2,1-3H3,(H,18,19). The van der Waals surface area contributed by atoms with Crippen molar-refractivity contribution in [1.82, 2.24) is 10.6 Å². The molecule has 106 valence electrons. The van der Waals surface area contributed by atoms with E-state index in [4.69, 9.17) is 0 Å². The van der Waals surface area contributed by atoms with Crippen LogP contribution in [0, 0.1) is 0 Å². The second-order valence-electron chi connectivity index (χ2n) is 5.06. The zero-order valence-electron chi connectivity index (χ0n) is 11.9. The Bertz CT molecular complexity index is 407. The SMILES string of the molecule is CC(C)NCCCC(=O)NC(C)c1cccc(Br)c1. The number of hydrogen-bond acceptors (Lipinski definition) is 2. The predicted molar refractivity (Wildman–Crippen MR) is 83.1 cm³/mol. The Kier molecular flexibility index (Phi) is 7.10. The summed E-state index contributed by atoms with van der Waals surface area (Å²) in [4.78, 5) is 11.8. The molecule has 0 aromatic heterocycles. The van der Waals surface area contributed by atoms with Crippen LogP contribution in [0.15, 0.2) is 28.7 Å². The fourth-order valence-corrected chi connectivity index (χ4v) is 2.23. The van der Waals surface area contributed by atoms with E-state index < -0.39 is 0 Å². The summed E-state index contributed by atoms with van der Waals surface area (Å²) in [5, 5.41) is 6.33. The van der Waals surface area contributed by atoms with Gasteiger partial charge in [0.1, 0.15) is 0 Å². The smallest absolute Gasteiger partial charge is 0.220 e. The highest BCUT2D eigenvalue weighted by Crippen LogP contribution is 2.17. The Labute approximate surface area is 124 Å². The maximum atomic E-state index is 11.8. The number of benzene rings is 1. The first-order valence-corrected chi connectivity index (χ1v) is 7.56. The van der Waals surface area contributed by atoms with Crippen LogP contribution < -0.4 is 10.6 Å². The van der Waals surface area contributed by atoms with Crippen LogP contribution in [-0.4, -0.2) is 18.5 Å². The molecule has 0 aliphatic rings. The van der Waals surface area contributed by atoms with Crippen molar-refractivity contribution in [2.75, 3.05) is 6.54 Å². The van der Waals surface area contributed by atoms with Gasteiger partial charge in [-0.25, -0.2) is 0 Å². The fourth-order valence-electron chi connectivity index (χ4n) is 1.81. The average Bonchev–Trinajstić information content (AvgIpc) is 2.34. The Balaban J connectivity index is 2.32. The van der Waals surface area contributed by atoms with Crippen molar-refractivity contribution >= 4 is 21.8 Å². The van der Waals surface area contributed by atoms with Crippen LogP contribution >= 0.6 is 15.9 Å². The normalized spacial score (nSPS) is 12.5. The van der Waals surface area contributed by atoms with Crippen molar-refractivity contribution in [3.63, 3.8) is 0 Å². The molecule has 1 aromatic rings. The third-order valence-electron chi connectivity index (χ3n) is 2.86. The van der Waals surface area contributed by atoms with Gasteiger partial charge in [-0.15, -0.1) is 0 Å². The van der Waals surface area contributed by atoms with Gasteiger partial charge in [0.2, 0.25) is 5.91 Å². The van der Waals surface area contributed by atoms with Crippen molar-refractivity contribution in [2.24, 2.45) is 0 Å². The van der Waals surface area contributed by atoms with E-state index >= 15 is 0 Å². The molecule has 19 heavy (non-hydrogen) atoms. The number of carbonyl (C=O) groups excluding carboxylic acids is 1. The van der Waals surface area contributed by atoms with Gasteiger partial charge in [-0.1, -0.05) is 41.9 Å². The Morgan fingerprint density at radius 1 is 1.32 bits per heavy atom. The van der Waals surface area contributed by atoms with Crippen molar-refractivity contribution in [1.29, 1.82) is 0 Å². The lowest BCUT2D eigenvalue weighted by atomic mass is 10.1. The van der Waals surface area contributed by atoms with Crippen molar-refractivity contribution in [3.05, 3.63) is 34.3 Å². The van der Waals surface area contributed by atoms with Crippen molar-refractivity contribution < 1.29 is 4.79 Å². The summed E-state index contributed by atoms with van der Waals surface area (Å²) in [5.74, 6) is 0.109. The van der Waals surface area contributed by atoms with Gasteiger partial charge < -0.3 is 10.6 Å². The number of rotatable bonds is 7. The minimum Gasteiger partial charge on any atom is -0.350 e. The molecule has 1 aromatic carbocycles. The van der Waals surface area contributed by atoms with Crippen LogP contribution in [0.25, 0.3) is 0 Å². The molecule has 0 aliphatic carbocycles. The maximum Gasteiger partial charge on any atom is 0.220 e. The van der Waals surface area contributed by atoms with Crippen LogP contribution in [-0.2, 0) is 4.79 Å². The molecule has 0 heterocycles. The minimum atomic E-state index is 0.0445. The molecule has 0 radical (unpaired) electrons. The van der Waals surface area contributed by atoms with Gasteiger partial charge in [0.15, 0.2) is 0 Å².